The number of hydrogen-bond acceptors (Lipinski definition) is 1. The van der Waals surface area contributed by atoms with Crippen molar-refractivity contribution >= 4 is 17.2 Å². The van der Waals surface area contributed by atoms with E-state index in [1.165, 1.54) is 0 Å². The molecule has 0 bridgehead atoms. The highest BCUT2D eigenvalue weighted by Crippen LogP contribution is 2.27. The molecule has 0 aliphatic rings. The normalized spacial score (nSPS) is 11.2. The molecule has 2 heteroatoms. The van der Waals surface area contributed by atoms with E-state index in [4.69, 9.17) is 0 Å². The van der Waals surface area contributed by atoms with Gasteiger partial charge in [0.1, 0.15) is 5.84 Å². The lowest BCUT2D eigenvalue weighted by Gasteiger charge is -2.26. The molecule has 3 rings (SSSR count). The number of amidine groups is 1. The minimum atomic E-state index is 0.929. The van der Waals surface area contributed by atoms with E-state index in [1.54, 1.807) is 0 Å². The lowest BCUT2D eigenvalue weighted by molar-refractivity contribution is 1.28. The van der Waals surface area contributed by atoms with Gasteiger partial charge in [0.25, 0.3) is 0 Å². The second-order valence-corrected chi connectivity index (χ2v) is 4.92. The quantitative estimate of drug-likeness (QED) is 0.494. The van der Waals surface area contributed by atoms with E-state index >= 15 is 0 Å². The van der Waals surface area contributed by atoms with E-state index in [0.29, 0.717) is 0 Å². The second-order valence-electron chi connectivity index (χ2n) is 4.92. The summed E-state index contributed by atoms with van der Waals surface area (Å²) in [7, 11) is 1.83. The molecule has 0 fully saturated rings. The molecule has 22 heavy (non-hydrogen) atoms. The molecule has 0 saturated carbocycles. The Labute approximate surface area is 131 Å². The topological polar surface area (TPSA) is 15.6 Å². The molecule has 108 valence electrons. The van der Waals surface area contributed by atoms with Crippen LogP contribution >= 0.6 is 0 Å². The van der Waals surface area contributed by atoms with Crippen molar-refractivity contribution in [3.8, 4) is 0 Å². The summed E-state index contributed by atoms with van der Waals surface area (Å²) in [6, 6.07) is 30.9. The summed E-state index contributed by atoms with van der Waals surface area (Å²) in [4.78, 5) is 6.73. The molecule has 3 aromatic rings. The Morgan fingerprint density at radius 3 is 1.45 bits per heavy atom. The maximum Gasteiger partial charge on any atom is 0.139 e. The molecule has 0 spiro atoms. The molecule has 2 nitrogen and oxygen atoms in total. The van der Waals surface area contributed by atoms with Gasteiger partial charge in [0.15, 0.2) is 0 Å². The molecule has 0 aliphatic heterocycles. The molecule has 0 unspecified atom stereocenters. The van der Waals surface area contributed by atoms with Crippen LogP contribution in [0.3, 0.4) is 0 Å². The maximum atomic E-state index is 4.55. The Hall–Kier alpha value is -2.87. The summed E-state index contributed by atoms with van der Waals surface area (Å²) in [5.41, 5.74) is 3.29. The Bertz CT molecular complexity index is 695. The summed E-state index contributed by atoms with van der Waals surface area (Å²) in [6.45, 7) is 0. The van der Waals surface area contributed by atoms with Gasteiger partial charge in [-0.05, 0) is 24.3 Å². The monoisotopic (exact) mass is 286 g/mol. The van der Waals surface area contributed by atoms with Crippen LogP contribution in [-0.4, -0.2) is 12.9 Å². The third-order valence-electron chi connectivity index (χ3n) is 3.48. The van der Waals surface area contributed by atoms with E-state index in [1.807, 2.05) is 61.6 Å². The van der Waals surface area contributed by atoms with Crippen molar-refractivity contribution in [2.45, 2.75) is 0 Å². The highest BCUT2D eigenvalue weighted by Gasteiger charge is 2.16. The van der Waals surface area contributed by atoms with Crippen molar-refractivity contribution in [3.05, 3.63) is 96.6 Å². The number of nitrogens with zero attached hydrogens (tertiary/aromatic N) is 2. The minimum absolute atomic E-state index is 0.929. The summed E-state index contributed by atoms with van der Waals surface area (Å²) in [6.07, 6.45) is 0. The summed E-state index contributed by atoms with van der Waals surface area (Å²) >= 11 is 0. The lowest BCUT2D eigenvalue weighted by atomic mass is 10.1. The van der Waals surface area contributed by atoms with Gasteiger partial charge in [-0.25, -0.2) is 0 Å². The van der Waals surface area contributed by atoms with Gasteiger partial charge in [-0.2, -0.15) is 0 Å². The van der Waals surface area contributed by atoms with Gasteiger partial charge in [0.05, 0.1) is 0 Å². The van der Waals surface area contributed by atoms with E-state index in [0.717, 1.165) is 22.8 Å². The lowest BCUT2D eigenvalue weighted by Crippen LogP contribution is -2.26. The third-order valence-corrected chi connectivity index (χ3v) is 3.48. The van der Waals surface area contributed by atoms with E-state index in [2.05, 4.69) is 46.3 Å². The molecule has 0 amide bonds. The number of rotatable bonds is 3. The number of hydrogen-bond donors (Lipinski definition) is 0. The molecular weight excluding hydrogens is 268 g/mol. The number of para-hydroxylation sites is 2. The smallest absolute Gasteiger partial charge is 0.139 e. The molecule has 0 N–H and O–H groups in total. The zero-order chi connectivity index (χ0) is 15.2. The van der Waals surface area contributed by atoms with Crippen LogP contribution in [-0.2, 0) is 0 Å². The Morgan fingerprint density at radius 1 is 0.636 bits per heavy atom. The molecule has 0 saturated heterocycles. The molecule has 0 heterocycles. The van der Waals surface area contributed by atoms with Crippen LogP contribution in [0.25, 0.3) is 0 Å². The first-order valence-electron chi connectivity index (χ1n) is 7.32. The molecular formula is C20H18N2. The second kappa shape index (κ2) is 6.72. The summed E-state index contributed by atoms with van der Waals surface area (Å²) in [5, 5.41) is 0. The van der Waals surface area contributed by atoms with Gasteiger partial charge in [0.2, 0.25) is 0 Å². The zero-order valence-electron chi connectivity index (χ0n) is 12.6. The summed E-state index contributed by atoms with van der Waals surface area (Å²) in [5.74, 6) is 0.929. The van der Waals surface area contributed by atoms with Crippen LogP contribution < -0.4 is 4.90 Å². The van der Waals surface area contributed by atoms with Crippen molar-refractivity contribution in [2.75, 3.05) is 11.9 Å². The average Bonchev–Trinajstić information content (AvgIpc) is 2.62. The van der Waals surface area contributed by atoms with Gasteiger partial charge in [0, 0.05) is 24.0 Å². The van der Waals surface area contributed by atoms with E-state index in [9.17, 15) is 0 Å². The molecule has 0 radical (unpaired) electrons. The average molecular weight is 286 g/mol. The Kier molecular flexibility index (Phi) is 4.30. The van der Waals surface area contributed by atoms with Crippen LogP contribution in [0.4, 0.5) is 11.4 Å². The number of aliphatic imine (C=N–C) groups is 1. The molecule has 3 aromatic carbocycles. The van der Waals surface area contributed by atoms with Crippen LogP contribution in [0.1, 0.15) is 5.56 Å². The number of benzene rings is 3. The highest BCUT2D eigenvalue weighted by atomic mass is 15.2. The van der Waals surface area contributed by atoms with Crippen molar-refractivity contribution < 1.29 is 0 Å². The standard InChI is InChI=1S/C20H18N2/c1-21-20(17-11-5-2-6-12-17)22(18-13-7-3-8-14-18)19-15-9-4-10-16-19/h2-16H,1H3/b21-20-. The minimum Gasteiger partial charge on any atom is -0.295 e. The van der Waals surface area contributed by atoms with E-state index in [-0.39, 0.29) is 0 Å². The molecule has 0 aromatic heterocycles. The van der Waals surface area contributed by atoms with Crippen LogP contribution in [0, 0.1) is 0 Å². The summed E-state index contributed by atoms with van der Waals surface area (Å²) < 4.78 is 0. The predicted octanol–water partition coefficient (Wildman–Crippen LogP) is 4.90. The SMILES string of the molecule is C/N=C(/c1ccccc1)N(c1ccccc1)c1ccccc1. The van der Waals surface area contributed by atoms with Crippen LogP contribution in [0.5, 0.6) is 0 Å². The predicted molar refractivity (Wildman–Crippen MR) is 93.9 cm³/mol. The first-order valence-corrected chi connectivity index (χ1v) is 7.32. The largest absolute Gasteiger partial charge is 0.295 e. The van der Waals surface area contributed by atoms with Crippen molar-refractivity contribution in [1.82, 2.24) is 0 Å². The fourth-order valence-electron chi connectivity index (χ4n) is 2.49. The van der Waals surface area contributed by atoms with Gasteiger partial charge in [-0.1, -0.05) is 66.7 Å². The molecule has 0 atom stereocenters. The van der Waals surface area contributed by atoms with Crippen molar-refractivity contribution in [2.24, 2.45) is 4.99 Å². The first-order chi connectivity index (χ1) is 10.9. The van der Waals surface area contributed by atoms with Gasteiger partial charge < -0.3 is 0 Å². The number of anilines is 2. The Morgan fingerprint density at radius 2 is 1.05 bits per heavy atom. The fourth-order valence-corrected chi connectivity index (χ4v) is 2.49. The fraction of sp³-hybridized carbons (Fsp3) is 0.0500. The van der Waals surface area contributed by atoms with Crippen LogP contribution in [0.2, 0.25) is 0 Å². The van der Waals surface area contributed by atoms with Crippen molar-refractivity contribution in [1.29, 1.82) is 0 Å². The van der Waals surface area contributed by atoms with Gasteiger partial charge >= 0.3 is 0 Å². The van der Waals surface area contributed by atoms with Crippen LogP contribution in [0.15, 0.2) is 96.0 Å². The first kappa shape index (κ1) is 14.1. The third kappa shape index (κ3) is 2.91. The van der Waals surface area contributed by atoms with E-state index < -0.39 is 0 Å². The van der Waals surface area contributed by atoms with Gasteiger partial charge in [-0.3, -0.25) is 9.89 Å². The van der Waals surface area contributed by atoms with Crippen molar-refractivity contribution in [3.63, 3.8) is 0 Å². The zero-order valence-corrected chi connectivity index (χ0v) is 12.6. The highest BCUT2D eigenvalue weighted by molar-refractivity contribution is 6.14. The maximum absolute atomic E-state index is 4.55. The molecule has 0 aliphatic carbocycles. The Balaban J connectivity index is 2.14. The van der Waals surface area contributed by atoms with Gasteiger partial charge in [-0.15, -0.1) is 0 Å².